The van der Waals surface area contributed by atoms with Crippen molar-refractivity contribution in [2.24, 2.45) is 0 Å². The Balaban J connectivity index is 0.000000671. The Morgan fingerprint density at radius 3 is 2.69 bits per heavy atom. The van der Waals surface area contributed by atoms with E-state index in [1.165, 1.54) is 4.88 Å². The molecule has 0 aliphatic rings. The SMILES string of the molecule is CC.CC(CC#N)c1cnc(Br)s1. The average molecular weight is 261 g/mol. The summed E-state index contributed by atoms with van der Waals surface area (Å²) in [5.41, 5.74) is 0. The summed E-state index contributed by atoms with van der Waals surface area (Å²) in [5.74, 6) is 0.309. The average Bonchev–Trinajstić information content (AvgIpc) is 2.56. The molecule has 13 heavy (non-hydrogen) atoms. The first-order valence-corrected chi connectivity index (χ1v) is 5.83. The summed E-state index contributed by atoms with van der Waals surface area (Å²) in [6.07, 6.45) is 2.38. The third-order valence-corrected chi connectivity index (χ3v) is 3.09. The van der Waals surface area contributed by atoms with Crippen LogP contribution in [0.3, 0.4) is 0 Å². The van der Waals surface area contributed by atoms with Crippen molar-refractivity contribution >= 4 is 27.3 Å². The van der Waals surface area contributed by atoms with Crippen LogP contribution in [0.2, 0.25) is 0 Å². The van der Waals surface area contributed by atoms with Gasteiger partial charge in [-0.3, -0.25) is 0 Å². The molecular formula is C9H13BrN2S. The van der Waals surface area contributed by atoms with Gasteiger partial charge >= 0.3 is 0 Å². The number of thiazole rings is 1. The third kappa shape index (κ3) is 4.39. The van der Waals surface area contributed by atoms with Crippen molar-refractivity contribution in [1.29, 1.82) is 5.26 Å². The number of nitrogens with zero attached hydrogens (tertiary/aromatic N) is 2. The van der Waals surface area contributed by atoms with Crippen molar-refractivity contribution in [3.05, 3.63) is 15.0 Å². The van der Waals surface area contributed by atoms with Crippen LogP contribution >= 0.6 is 27.3 Å². The highest BCUT2D eigenvalue weighted by molar-refractivity contribution is 9.11. The van der Waals surface area contributed by atoms with Gasteiger partial charge < -0.3 is 0 Å². The molecule has 1 rings (SSSR count). The lowest BCUT2D eigenvalue weighted by molar-refractivity contribution is 0.804. The molecule has 0 radical (unpaired) electrons. The van der Waals surface area contributed by atoms with Gasteiger partial charge in [0.1, 0.15) is 0 Å². The largest absolute Gasteiger partial charge is 0.237 e. The van der Waals surface area contributed by atoms with Crippen molar-refractivity contribution in [1.82, 2.24) is 4.98 Å². The first-order valence-electron chi connectivity index (χ1n) is 4.22. The zero-order valence-corrected chi connectivity index (χ0v) is 10.4. The molecule has 0 spiro atoms. The molecule has 1 unspecified atom stereocenters. The maximum atomic E-state index is 8.43. The predicted molar refractivity (Wildman–Crippen MR) is 59.8 cm³/mol. The van der Waals surface area contributed by atoms with Crippen LogP contribution < -0.4 is 0 Å². The number of hydrogen-bond acceptors (Lipinski definition) is 3. The molecule has 1 aromatic heterocycles. The van der Waals surface area contributed by atoms with Crippen LogP contribution in [0.25, 0.3) is 0 Å². The molecule has 1 aromatic rings. The van der Waals surface area contributed by atoms with Crippen LogP contribution in [0.4, 0.5) is 0 Å². The number of halogens is 1. The van der Waals surface area contributed by atoms with Crippen LogP contribution in [0.1, 0.15) is 38.0 Å². The Labute approximate surface area is 91.7 Å². The molecule has 0 saturated heterocycles. The van der Waals surface area contributed by atoms with E-state index in [9.17, 15) is 0 Å². The van der Waals surface area contributed by atoms with Crippen molar-refractivity contribution in [3.63, 3.8) is 0 Å². The Kier molecular flexibility index (Phi) is 6.83. The number of aromatic nitrogens is 1. The number of rotatable bonds is 2. The Morgan fingerprint density at radius 2 is 2.31 bits per heavy atom. The van der Waals surface area contributed by atoms with Gasteiger partial charge in [-0.25, -0.2) is 4.98 Å². The maximum absolute atomic E-state index is 8.43. The zero-order valence-electron chi connectivity index (χ0n) is 8.04. The number of nitriles is 1. The van der Waals surface area contributed by atoms with Crippen molar-refractivity contribution < 1.29 is 0 Å². The van der Waals surface area contributed by atoms with Crippen molar-refractivity contribution in [3.8, 4) is 6.07 Å². The van der Waals surface area contributed by atoms with Gasteiger partial charge in [0.2, 0.25) is 0 Å². The second-order valence-electron chi connectivity index (χ2n) is 2.28. The van der Waals surface area contributed by atoms with E-state index in [0.29, 0.717) is 12.3 Å². The minimum Gasteiger partial charge on any atom is -0.237 e. The van der Waals surface area contributed by atoms with Crippen LogP contribution in [0, 0.1) is 11.3 Å². The van der Waals surface area contributed by atoms with Gasteiger partial charge in [-0.05, 0) is 15.9 Å². The van der Waals surface area contributed by atoms with Gasteiger partial charge in [0.25, 0.3) is 0 Å². The molecule has 0 N–H and O–H groups in total. The highest BCUT2D eigenvalue weighted by Gasteiger charge is 2.07. The van der Waals surface area contributed by atoms with E-state index in [2.05, 4.69) is 27.0 Å². The molecule has 1 atom stereocenters. The van der Waals surface area contributed by atoms with Crippen molar-refractivity contribution in [2.75, 3.05) is 0 Å². The van der Waals surface area contributed by atoms with Gasteiger partial charge in [0.05, 0.1) is 6.07 Å². The van der Waals surface area contributed by atoms with Crippen LogP contribution in [-0.4, -0.2) is 4.98 Å². The highest BCUT2D eigenvalue weighted by atomic mass is 79.9. The molecule has 0 amide bonds. The van der Waals surface area contributed by atoms with E-state index >= 15 is 0 Å². The summed E-state index contributed by atoms with van der Waals surface area (Å²) in [6.45, 7) is 6.03. The minimum absolute atomic E-state index is 0.309. The Hall–Kier alpha value is -0.400. The molecule has 1 heterocycles. The molecule has 72 valence electrons. The van der Waals surface area contributed by atoms with Gasteiger partial charge in [-0.1, -0.05) is 20.8 Å². The van der Waals surface area contributed by atoms with E-state index in [4.69, 9.17) is 5.26 Å². The van der Waals surface area contributed by atoms with E-state index in [1.807, 2.05) is 27.0 Å². The first kappa shape index (κ1) is 12.6. The first-order chi connectivity index (χ1) is 6.24. The van der Waals surface area contributed by atoms with Crippen LogP contribution in [0.5, 0.6) is 0 Å². The molecule has 0 aliphatic heterocycles. The quantitative estimate of drug-likeness (QED) is 0.808. The fourth-order valence-electron chi connectivity index (χ4n) is 0.730. The standard InChI is InChI=1S/C7H7BrN2S.C2H6/c1-5(2-3-9)6-4-10-7(8)11-6;1-2/h4-5H,2H2,1H3;1-2H3. The van der Waals surface area contributed by atoms with Gasteiger partial charge in [0.15, 0.2) is 3.92 Å². The lowest BCUT2D eigenvalue weighted by Gasteiger charge is -1.99. The molecule has 4 heteroatoms. The molecule has 0 aliphatic carbocycles. The lowest BCUT2D eigenvalue weighted by atomic mass is 10.1. The lowest BCUT2D eigenvalue weighted by Crippen LogP contribution is -1.86. The Bertz CT molecular complexity index is 277. The van der Waals surface area contributed by atoms with E-state index in [-0.39, 0.29) is 0 Å². The highest BCUT2D eigenvalue weighted by Crippen LogP contribution is 2.27. The predicted octanol–water partition coefficient (Wildman–Crippen LogP) is 3.95. The third-order valence-electron chi connectivity index (χ3n) is 1.38. The summed E-state index contributed by atoms with van der Waals surface area (Å²) >= 11 is 4.87. The molecule has 0 bridgehead atoms. The van der Waals surface area contributed by atoms with Gasteiger partial charge in [0, 0.05) is 23.4 Å². The summed E-state index contributed by atoms with van der Waals surface area (Å²) in [6, 6.07) is 2.14. The summed E-state index contributed by atoms with van der Waals surface area (Å²) in [7, 11) is 0. The zero-order chi connectivity index (χ0) is 10.3. The summed E-state index contributed by atoms with van der Waals surface area (Å²) < 4.78 is 0.886. The topological polar surface area (TPSA) is 36.7 Å². The van der Waals surface area contributed by atoms with Gasteiger partial charge in [-0.15, -0.1) is 11.3 Å². The maximum Gasteiger partial charge on any atom is 0.159 e. The summed E-state index contributed by atoms with van der Waals surface area (Å²) in [5, 5.41) is 8.43. The molecule has 0 fully saturated rings. The monoisotopic (exact) mass is 260 g/mol. The van der Waals surface area contributed by atoms with Crippen LogP contribution in [0.15, 0.2) is 10.1 Å². The molecular weight excluding hydrogens is 248 g/mol. The second kappa shape index (κ2) is 7.05. The molecule has 0 aromatic carbocycles. The minimum atomic E-state index is 0.309. The smallest absolute Gasteiger partial charge is 0.159 e. The molecule has 0 saturated carbocycles. The van der Waals surface area contributed by atoms with E-state index in [1.54, 1.807) is 11.3 Å². The number of hydrogen-bond donors (Lipinski definition) is 0. The van der Waals surface area contributed by atoms with Crippen LogP contribution in [-0.2, 0) is 0 Å². The second-order valence-corrected chi connectivity index (χ2v) is 4.62. The molecule has 2 nitrogen and oxygen atoms in total. The fraction of sp³-hybridized carbons (Fsp3) is 0.556. The van der Waals surface area contributed by atoms with Gasteiger partial charge in [-0.2, -0.15) is 5.26 Å². The van der Waals surface area contributed by atoms with E-state index in [0.717, 1.165) is 3.92 Å². The summed E-state index contributed by atoms with van der Waals surface area (Å²) in [4.78, 5) is 5.21. The van der Waals surface area contributed by atoms with Crippen molar-refractivity contribution in [2.45, 2.75) is 33.1 Å². The Morgan fingerprint density at radius 1 is 1.69 bits per heavy atom. The fourth-order valence-corrected chi connectivity index (χ4v) is 2.08. The normalized spacial score (nSPS) is 11.0. The van der Waals surface area contributed by atoms with E-state index < -0.39 is 0 Å².